The Hall–Kier alpha value is -1.00. The van der Waals surface area contributed by atoms with Gasteiger partial charge in [-0.1, -0.05) is 6.92 Å². The van der Waals surface area contributed by atoms with E-state index in [0.29, 0.717) is 5.92 Å². The molecule has 1 aliphatic heterocycles. The molecule has 1 saturated heterocycles. The highest BCUT2D eigenvalue weighted by atomic mass is 19.1. The average molecular weight is 238 g/mol. The molecule has 94 valence electrons. The summed E-state index contributed by atoms with van der Waals surface area (Å²) in [4.78, 5) is 4.13. The fourth-order valence-electron chi connectivity index (χ4n) is 2.10. The molecule has 4 heteroatoms. The Labute approximate surface area is 101 Å². The molecule has 2 atom stereocenters. The molecule has 3 nitrogen and oxygen atoms in total. The molecule has 0 saturated carbocycles. The predicted octanol–water partition coefficient (Wildman–Crippen LogP) is 2.30. The van der Waals surface area contributed by atoms with E-state index in [1.807, 2.05) is 0 Å². The van der Waals surface area contributed by atoms with Crippen molar-refractivity contribution < 1.29 is 9.13 Å². The van der Waals surface area contributed by atoms with Gasteiger partial charge in [0.1, 0.15) is 5.82 Å². The number of nitrogens with zero attached hydrogens (tertiary/aromatic N) is 1. The second kappa shape index (κ2) is 6.07. The lowest BCUT2D eigenvalue weighted by Gasteiger charge is -2.18. The van der Waals surface area contributed by atoms with Gasteiger partial charge in [-0.05, 0) is 30.9 Å². The summed E-state index contributed by atoms with van der Waals surface area (Å²) in [6.45, 7) is 4.77. The lowest BCUT2D eigenvalue weighted by Crippen LogP contribution is -2.27. The topological polar surface area (TPSA) is 34.1 Å². The summed E-state index contributed by atoms with van der Waals surface area (Å²) in [5.74, 6) is 0.317. The molecule has 0 bridgehead atoms. The van der Waals surface area contributed by atoms with E-state index in [1.165, 1.54) is 12.3 Å². The third-order valence-electron chi connectivity index (χ3n) is 3.19. The van der Waals surface area contributed by atoms with Crippen LogP contribution in [0.3, 0.4) is 0 Å². The SMILES string of the molecule is CCC(NCC1CCOC1)c1ccc(F)cn1. The minimum atomic E-state index is -0.284. The molecule has 0 aliphatic carbocycles. The molecule has 0 aromatic carbocycles. The van der Waals surface area contributed by atoms with Gasteiger partial charge in [-0.25, -0.2) is 4.39 Å². The van der Waals surface area contributed by atoms with E-state index in [9.17, 15) is 4.39 Å². The van der Waals surface area contributed by atoms with Crippen molar-refractivity contribution in [2.45, 2.75) is 25.8 Å². The van der Waals surface area contributed by atoms with Crippen molar-refractivity contribution in [2.24, 2.45) is 5.92 Å². The summed E-state index contributed by atoms with van der Waals surface area (Å²) in [5, 5.41) is 3.48. The fourth-order valence-corrected chi connectivity index (χ4v) is 2.10. The zero-order chi connectivity index (χ0) is 12.1. The predicted molar refractivity (Wildman–Crippen MR) is 64.2 cm³/mol. The maximum atomic E-state index is 12.8. The van der Waals surface area contributed by atoms with Gasteiger partial charge >= 0.3 is 0 Å². The highest BCUT2D eigenvalue weighted by Gasteiger charge is 2.18. The standard InChI is InChI=1S/C13H19FN2O/c1-2-12(13-4-3-11(14)8-16-13)15-7-10-5-6-17-9-10/h3-4,8,10,12,15H,2,5-7,9H2,1H3. The van der Waals surface area contributed by atoms with Crippen LogP contribution in [0.5, 0.6) is 0 Å². The van der Waals surface area contributed by atoms with Crippen LogP contribution in [0.15, 0.2) is 18.3 Å². The molecule has 1 N–H and O–H groups in total. The Morgan fingerprint density at radius 1 is 1.59 bits per heavy atom. The van der Waals surface area contributed by atoms with Gasteiger partial charge in [-0.15, -0.1) is 0 Å². The number of aromatic nitrogens is 1. The fraction of sp³-hybridized carbons (Fsp3) is 0.615. The lowest BCUT2D eigenvalue weighted by atomic mass is 10.1. The second-order valence-corrected chi connectivity index (χ2v) is 4.50. The minimum Gasteiger partial charge on any atom is -0.381 e. The minimum absolute atomic E-state index is 0.205. The van der Waals surface area contributed by atoms with E-state index in [1.54, 1.807) is 6.07 Å². The Morgan fingerprint density at radius 3 is 3.06 bits per heavy atom. The third kappa shape index (κ3) is 3.48. The number of rotatable bonds is 5. The van der Waals surface area contributed by atoms with Crippen LogP contribution in [0.2, 0.25) is 0 Å². The molecule has 2 rings (SSSR count). The first-order valence-corrected chi connectivity index (χ1v) is 6.22. The number of pyridine rings is 1. The number of hydrogen-bond donors (Lipinski definition) is 1. The van der Waals surface area contributed by atoms with E-state index in [-0.39, 0.29) is 11.9 Å². The van der Waals surface area contributed by atoms with Gasteiger partial charge in [-0.3, -0.25) is 4.98 Å². The van der Waals surface area contributed by atoms with Crippen molar-refractivity contribution in [1.29, 1.82) is 0 Å². The van der Waals surface area contributed by atoms with Gasteiger partial charge < -0.3 is 10.1 Å². The number of halogens is 1. The number of hydrogen-bond acceptors (Lipinski definition) is 3. The van der Waals surface area contributed by atoms with Crippen molar-refractivity contribution in [3.05, 3.63) is 29.8 Å². The van der Waals surface area contributed by atoms with Crippen LogP contribution in [0, 0.1) is 11.7 Å². The van der Waals surface area contributed by atoms with Crippen LogP contribution in [0.4, 0.5) is 4.39 Å². The zero-order valence-electron chi connectivity index (χ0n) is 10.2. The molecule has 0 spiro atoms. The van der Waals surface area contributed by atoms with Gasteiger partial charge in [0.25, 0.3) is 0 Å². The Bertz CT molecular complexity index is 336. The van der Waals surface area contributed by atoms with Crippen molar-refractivity contribution in [3.63, 3.8) is 0 Å². The molecular weight excluding hydrogens is 219 g/mol. The van der Waals surface area contributed by atoms with E-state index in [4.69, 9.17) is 4.74 Å². The van der Waals surface area contributed by atoms with E-state index in [2.05, 4.69) is 17.2 Å². The second-order valence-electron chi connectivity index (χ2n) is 4.50. The highest BCUT2D eigenvalue weighted by Crippen LogP contribution is 2.17. The summed E-state index contributed by atoms with van der Waals surface area (Å²) in [7, 11) is 0. The van der Waals surface area contributed by atoms with Gasteiger partial charge in [0.05, 0.1) is 18.5 Å². The first kappa shape index (κ1) is 12.5. The summed E-state index contributed by atoms with van der Waals surface area (Å²) < 4.78 is 18.1. The van der Waals surface area contributed by atoms with Gasteiger partial charge in [-0.2, -0.15) is 0 Å². The van der Waals surface area contributed by atoms with Crippen LogP contribution in [-0.2, 0) is 4.74 Å². The van der Waals surface area contributed by atoms with E-state index >= 15 is 0 Å². The maximum absolute atomic E-state index is 12.8. The quantitative estimate of drug-likeness (QED) is 0.854. The molecule has 1 aliphatic rings. The molecule has 17 heavy (non-hydrogen) atoms. The monoisotopic (exact) mass is 238 g/mol. The van der Waals surface area contributed by atoms with Gasteiger partial charge in [0.15, 0.2) is 0 Å². The van der Waals surface area contributed by atoms with Crippen LogP contribution >= 0.6 is 0 Å². The Morgan fingerprint density at radius 2 is 2.47 bits per heavy atom. The normalized spacial score (nSPS) is 21.6. The molecule has 1 aromatic rings. The molecule has 2 heterocycles. The molecule has 0 radical (unpaired) electrons. The first-order valence-electron chi connectivity index (χ1n) is 6.22. The maximum Gasteiger partial charge on any atom is 0.141 e. The molecule has 1 fully saturated rings. The molecule has 2 unspecified atom stereocenters. The summed E-state index contributed by atoms with van der Waals surface area (Å²) in [6.07, 6.45) is 3.35. The summed E-state index contributed by atoms with van der Waals surface area (Å²) >= 11 is 0. The number of ether oxygens (including phenoxy) is 1. The van der Waals surface area contributed by atoms with Crippen LogP contribution in [0.25, 0.3) is 0 Å². The molecule has 1 aromatic heterocycles. The van der Waals surface area contributed by atoms with Gasteiger partial charge in [0.2, 0.25) is 0 Å². The van der Waals surface area contributed by atoms with Crippen molar-refractivity contribution in [3.8, 4) is 0 Å². The van der Waals surface area contributed by atoms with E-state index in [0.717, 1.165) is 38.3 Å². The lowest BCUT2D eigenvalue weighted by molar-refractivity contribution is 0.184. The molecule has 0 amide bonds. The van der Waals surface area contributed by atoms with Crippen molar-refractivity contribution >= 4 is 0 Å². The number of nitrogens with one attached hydrogen (secondary N) is 1. The van der Waals surface area contributed by atoms with Crippen molar-refractivity contribution in [2.75, 3.05) is 19.8 Å². The van der Waals surface area contributed by atoms with Crippen LogP contribution < -0.4 is 5.32 Å². The average Bonchev–Trinajstić information content (AvgIpc) is 2.85. The highest BCUT2D eigenvalue weighted by molar-refractivity contribution is 5.09. The van der Waals surface area contributed by atoms with E-state index < -0.39 is 0 Å². The molecular formula is C13H19FN2O. The smallest absolute Gasteiger partial charge is 0.141 e. The summed E-state index contributed by atoms with van der Waals surface area (Å²) in [6, 6.07) is 3.42. The summed E-state index contributed by atoms with van der Waals surface area (Å²) in [5.41, 5.74) is 0.910. The Balaban J connectivity index is 1.89. The van der Waals surface area contributed by atoms with Crippen LogP contribution in [-0.4, -0.2) is 24.7 Å². The third-order valence-corrected chi connectivity index (χ3v) is 3.19. The zero-order valence-corrected chi connectivity index (χ0v) is 10.2. The first-order chi connectivity index (χ1) is 8.29. The van der Waals surface area contributed by atoms with Crippen molar-refractivity contribution in [1.82, 2.24) is 10.3 Å². The Kier molecular flexibility index (Phi) is 4.45. The largest absolute Gasteiger partial charge is 0.381 e. The van der Waals surface area contributed by atoms with Crippen LogP contribution in [0.1, 0.15) is 31.5 Å². The van der Waals surface area contributed by atoms with Gasteiger partial charge in [0, 0.05) is 19.2 Å².